The third-order valence-corrected chi connectivity index (χ3v) is 9.60. The van der Waals surface area contributed by atoms with E-state index in [1.165, 1.54) is 6.92 Å². The smallest absolute Gasteiger partial charge is 0.303 e. The number of hydrogen-bond acceptors (Lipinski definition) is 16. The van der Waals surface area contributed by atoms with E-state index in [1.807, 2.05) is 0 Å². The summed E-state index contributed by atoms with van der Waals surface area (Å²) in [6.45, 7) is 1.03. The first-order valence-corrected chi connectivity index (χ1v) is 20.9. The number of nitrogens with zero attached hydrogens (tertiary/aromatic N) is 1. The van der Waals surface area contributed by atoms with Gasteiger partial charge in [0.1, 0.15) is 42.3 Å². The molecule has 30 heteroatoms. The number of rotatable bonds is 34. The van der Waals surface area contributed by atoms with Gasteiger partial charge in [0, 0.05) is 26.3 Å². The molecule has 0 aliphatic heterocycles. The van der Waals surface area contributed by atoms with E-state index >= 15 is 0 Å². The molecule has 0 aliphatic carbocycles. The number of aliphatic carboxylic acids is 3. The van der Waals surface area contributed by atoms with E-state index in [0.29, 0.717) is 11.3 Å². The topological polar surface area (TPSA) is 511 Å². The lowest BCUT2D eigenvalue weighted by Gasteiger charge is -2.30. The number of nitrogens with two attached hydrogens (primary N) is 4. The van der Waals surface area contributed by atoms with Crippen LogP contribution in [-0.2, 0) is 67.1 Å². The molecule has 0 saturated carbocycles. The Morgan fingerprint density at radius 2 is 0.971 bits per heavy atom. The number of aliphatic hydroxyl groups is 1. The zero-order chi connectivity index (χ0) is 52.4. The number of amides is 11. The number of aliphatic hydroxyl groups excluding tert-OH is 1. The van der Waals surface area contributed by atoms with E-state index in [2.05, 4.69) is 37.2 Å². The molecule has 8 atom stereocenters. The molecule has 0 fully saturated rings. The van der Waals surface area contributed by atoms with Gasteiger partial charge in [-0.3, -0.25) is 67.1 Å². The molecule has 0 bridgehead atoms. The van der Waals surface area contributed by atoms with Crippen molar-refractivity contribution < 1.29 is 87.5 Å². The van der Waals surface area contributed by atoms with E-state index in [0.717, 1.165) is 7.05 Å². The standard InChI is InChI=1S/C38H62N12O18/c1-4-5-6-19(46-35(65)20(7-10-28(55)56)45-32(62)17(2)44-27(54)15-43-33(63)18(39)13-25(40)52)34(64)49-23(16-51)37(67)48-22(14-26(41)53)36(66)47-21(8-11-29(57)58)38(68)50(3)24(31(42)61)9-12-30(59)60/h17-24,51H,4-16,39H2,1-3H3,(H2,40,52)(H2,41,53)(H2,42,61)(H,43,63)(H,44,54)(H,45,62)(H,46,65)(H,47,66)(H,48,67)(H,49,64)(H,55,56)(H,57,58)(H,59,60)/t17-,18+,19-,20-,21-,22-,23-,24-/m0/s1. The zero-order valence-corrected chi connectivity index (χ0v) is 37.6. The Morgan fingerprint density at radius 3 is 1.46 bits per heavy atom. The molecule has 0 aromatic heterocycles. The quantitative estimate of drug-likeness (QED) is 0.0285. The summed E-state index contributed by atoms with van der Waals surface area (Å²) in [7, 11) is 1.03. The second kappa shape index (κ2) is 30.7. The van der Waals surface area contributed by atoms with Crippen LogP contribution in [0.4, 0.5) is 0 Å². The normalized spacial score (nSPS) is 14.2. The van der Waals surface area contributed by atoms with Crippen LogP contribution in [0.2, 0.25) is 0 Å². The number of carbonyl (C=O) groups is 14. The van der Waals surface area contributed by atoms with Gasteiger partial charge in [-0.1, -0.05) is 19.8 Å². The number of primary amides is 3. The van der Waals surface area contributed by atoms with Crippen LogP contribution in [0.1, 0.15) is 84.5 Å². The van der Waals surface area contributed by atoms with Crippen molar-refractivity contribution in [3.8, 4) is 0 Å². The summed E-state index contributed by atoms with van der Waals surface area (Å²) >= 11 is 0. The highest BCUT2D eigenvalue weighted by Crippen LogP contribution is 2.12. The lowest BCUT2D eigenvalue weighted by atomic mass is 10.0. The highest BCUT2D eigenvalue weighted by molar-refractivity contribution is 5.99. The fraction of sp³-hybridized carbons (Fsp3) is 0.632. The number of carbonyl (C=O) groups excluding carboxylic acids is 11. The molecule has 11 amide bonds. The minimum Gasteiger partial charge on any atom is -0.481 e. The lowest BCUT2D eigenvalue weighted by molar-refractivity contribution is -0.144. The summed E-state index contributed by atoms with van der Waals surface area (Å²) in [5.74, 6) is -16.2. The van der Waals surface area contributed by atoms with E-state index in [9.17, 15) is 82.4 Å². The zero-order valence-electron chi connectivity index (χ0n) is 37.6. The number of carboxylic acid groups (broad SMARTS) is 3. The van der Waals surface area contributed by atoms with Crippen LogP contribution < -0.4 is 60.2 Å². The minimum atomic E-state index is -1.96. The van der Waals surface area contributed by atoms with Gasteiger partial charge in [0.05, 0.1) is 32.0 Å². The largest absolute Gasteiger partial charge is 0.481 e. The van der Waals surface area contributed by atoms with Gasteiger partial charge >= 0.3 is 17.9 Å². The Balaban J connectivity index is 6.25. The molecule has 0 rings (SSSR count). The molecule has 0 unspecified atom stereocenters. The highest BCUT2D eigenvalue weighted by atomic mass is 16.4. The SMILES string of the molecule is CCCC[C@H](NC(=O)[C@H](CCC(=O)O)NC(=O)[C@H](C)NC(=O)CNC(=O)[C@H](N)CC(N)=O)C(=O)N[C@@H](CO)C(=O)N[C@@H](CC(N)=O)C(=O)N[C@@H](CCC(=O)O)C(=O)N(C)[C@@H](CCC(=O)O)C(N)=O. The van der Waals surface area contributed by atoms with Gasteiger partial charge in [-0.15, -0.1) is 0 Å². The molecule has 0 aromatic rings. The third kappa shape index (κ3) is 23.6. The maximum Gasteiger partial charge on any atom is 0.303 e. The second-order valence-corrected chi connectivity index (χ2v) is 15.2. The van der Waals surface area contributed by atoms with Crippen molar-refractivity contribution in [2.24, 2.45) is 22.9 Å². The number of likely N-dealkylation sites (N-methyl/N-ethyl adjacent to an activating group) is 1. The first-order valence-electron chi connectivity index (χ1n) is 20.9. The van der Waals surface area contributed by atoms with E-state index < -0.39 is 196 Å². The van der Waals surface area contributed by atoms with Crippen molar-refractivity contribution >= 4 is 82.9 Å². The molecule has 0 saturated heterocycles. The molecule has 0 heterocycles. The molecular formula is C38H62N12O18. The van der Waals surface area contributed by atoms with Gasteiger partial charge in [0.25, 0.3) is 0 Å². The molecule has 30 nitrogen and oxygen atoms in total. The Kier molecular flexibility index (Phi) is 27.3. The van der Waals surface area contributed by atoms with Gasteiger partial charge in [-0.05, 0) is 32.6 Å². The van der Waals surface area contributed by atoms with Crippen LogP contribution in [0, 0.1) is 0 Å². The summed E-state index contributed by atoms with van der Waals surface area (Å²) in [6, 6.07) is -13.1. The molecule has 0 aliphatic rings. The molecular weight excluding hydrogens is 912 g/mol. The van der Waals surface area contributed by atoms with Gasteiger partial charge in [-0.2, -0.15) is 0 Å². The van der Waals surface area contributed by atoms with Crippen molar-refractivity contribution in [3.63, 3.8) is 0 Å². The van der Waals surface area contributed by atoms with Crippen LogP contribution in [0.3, 0.4) is 0 Å². The molecule has 0 radical (unpaired) electrons. The molecule has 382 valence electrons. The van der Waals surface area contributed by atoms with E-state index in [1.54, 1.807) is 6.92 Å². The first-order chi connectivity index (χ1) is 31.6. The predicted molar refractivity (Wildman–Crippen MR) is 229 cm³/mol. The predicted octanol–water partition coefficient (Wildman–Crippen LogP) is -7.80. The summed E-state index contributed by atoms with van der Waals surface area (Å²) < 4.78 is 0. The maximum atomic E-state index is 13.6. The van der Waals surface area contributed by atoms with Crippen LogP contribution in [0.5, 0.6) is 0 Å². The van der Waals surface area contributed by atoms with E-state index in [4.69, 9.17) is 28.0 Å². The number of carboxylic acids is 3. The van der Waals surface area contributed by atoms with Crippen LogP contribution in [0.25, 0.3) is 0 Å². The fourth-order valence-corrected chi connectivity index (χ4v) is 5.88. The summed E-state index contributed by atoms with van der Waals surface area (Å²) in [5, 5.41) is 53.1. The number of hydrogen-bond donors (Lipinski definition) is 15. The van der Waals surface area contributed by atoms with Crippen LogP contribution >= 0.6 is 0 Å². The highest BCUT2D eigenvalue weighted by Gasteiger charge is 2.36. The number of unbranched alkanes of at least 4 members (excludes halogenated alkanes) is 1. The first kappa shape index (κ1) is 60.5. The monoisotopic (exact) mass is 974 g/mol. The van der Waals surface area contributed by atoms with Crippen molar-refractivity contribution in [2.45, 2.75) is 133 Å². The van der Waals surface area contributed by atoms with Crippen molar-refractivity contribution in [1.82, 2.24) is 42.1 Å². The Labute approximate surface area is 388 Å². The molecule has 0 spiro atoms. The molecule has 68 heavy (non-hydrogen) atoms. The van der Waals surface area contributed by atoms with Crippen molar-refractivity contribution in [2.75, 3.05) is 20.2 Å². The Hall–Kier alpha value is -7.50. The average molecular weight is 975 g/mol. The summed E-state index contributed by atoms with van der Waals surface area (Å²) in [6.07, 6.45) is -4.57. The summed E-state index contributed by atoms with van der Waals surface area (Å²) in [5.41, 5.74) is 21.1. The van der Waals surface area contributed by atoms with Crippen LogP contribution in [0.15, 0.2) is 0 Å². The van der Waals surface area contributed by atoms with Gasteiger partial charge in [0.2, 0.25) is 65.0 Å². The lowest BCUT2D eigenvalue weighted by Crippen LogP contribution is -2.61. The third-order valence-electron chi connectivity index (χ3n) is 9.60. The fourth-order valence-electron chi connectivity index (χ4n) is 5.88. The summed E-state index contributed by atoms with van der Waals surface area (Å²) in [4.78, 5) is 175. The van der Waals surface area contributed by atoms with Crippen molar-refractivity contribution in [1.29, 1.82) is 0 Å². The average Bonchev–Trinajstić information content (AvgIpc) is 3.24. The van der Waals surface area contributed by atoms with E-state index in [-0.39, 0.29) is 12.8 Å². The Morgan fingerprint density at radius 1 is 0.544 bits per heavy atom. The number of nitrogens with one attached hydrogen (secondary N) is 7. The minimum absolute atomic E-state index is 0.130. The van der Waals surface area contributed by atoms with Gasteiger partial charge < -0.3 is 85.5 Å². The van der Waals surface area contributed by atoms with Gasteiger partial charge in [-0.25, -0.2) is 0 Å². The molecule has 19 N–H and O–H groups in total. The Bertz CT molecular complexity index is 1880. The van der Waals surface area contributed by atoms with Crippen LogP contribution in [-0.4, -0.2) is 177 Å². The second-order valence-electron chi connectivity index (χ2n) is 15.2. The van der Waals surface area contributed by atoms with Crippen molar-refractivity contribution in [3.05, 3.63) is 0 Å². The molecule has 0 aromatic carbocycles. The maximum absolute atomic E-state index is 13.6. The van der Waals surface area contributed by atoms with Gasteiger partial charge in [0.15, 0.2) is 0 Å².